The number of rotatable bonds is 2. The van der Waals surface area contributed by atoms with Crippen LogP contribution in [-0.4, -0.2) is 11.8 Å². The van der Waals surface area contributed by atoms with Gasteiger partial charge in [-0.15, -0.1) is 0 Å². The maximum Gasteiger partial charge on any atom is 0.308 e. The second-order valence-electron chi connectivity index (χ2n) is 4.49. The average Bonchev–Trinajstić information content (AvgIpc) is 2.29. The molecule has 1 fully saturated rings. The summed E-state index contributed by atoms with van der Waals surface area (Å²) in [7, 11) is 0. The average molecular weight is 232 g/mol. The lowest BCUT2D eigenvalue weighted by molar-refractivity contribution is -0.131. The lowest BCUT2D eigenvalue weighted by Crippen LogP contribution is -2.13. The lowest BCUT2D eigenvalue weighted by Gasteiger charge is -2.21. The molecule has 3 heteroatoms. The highest BCUT2D eigenvalue weighted by Crippen LogP contribution is 2.31. The highest BCUT2D eigenvalue weighted by Gasteiger charge is 2.20. The molecule has 3 nitrogen and oxygen atoms in total. The van der Waals surface area contributed by atoms with E-state index in [4.69, 9.17) is 4.74 Å². The predicted molar refractivity (Wildman–Crippen MR) is 64.0 cm³/mol. The number of hydrogen-bond donors (Lipinski definition) is 0. The predicted octanol–water partition coefficient (Wildman–Crippen LogP) is 2.84. The summed E-state index contributed by atoms with van der Waals surface area (Å²) >= 11 is 0. The maximum absolute atomic E-state index is 11.4. The van der Waals surface area contributed by atoms with E-state index in [2.05, 4.69) is 0 Å². The fourth-order valence-corrected chi connectivity index (χ4v) is 2.28. The first kappa shape index (κ1) is 11.8. The van der Waals surface area contributed by atoms with Crippen molar-refractivity contribution < 1.29 is 14.3 Å². The summed E-state index contributed by atoms with van der Waals surface area (Å²) in [6.45, 7) is 1.38. The van der Waals surface area contributed by atoms with Crippen molar-refractivity contribution in [1.82, 2.24) is 0 Å². The number of benzene rings is 1. The molecule has 0 saturated heterocycles. The molecule has 0 bridgehead atoms. The van der Waals surface area contributed by atoms with Crippen molar-refractivity contribution >= 4 is 11.8 Å². The minimum Gasteiger partial charge on any atom is -0.427 e. The molecule has 0 aromatic heterocycles. The summed E-state index contributed by atoms with van der Waals surface area (Å²) in [4.78, 5) is 22.2. The van der Waals surface area contributed by atoms with E-state index < -0.39 is 0 Å². The van der Waals surface area contributed by atoms with E-state index in [1.165, 1.54) is 6.92 Å². The molecule has 1 aliphatic carbocycles. The Morgan fingerprint density at radius 1 is 1.29 bits per heavy atom. The summed E-state index contributed by atoms with van der Waals surface area (Å²) in [5.41, 5.74) is 1.16. The van der Waals surface area contributed by atoms with E-state index in [1.807, 2.05) is 12.1 Å². The van der Waals surface area contributed by atoms with Crippen LogP contribution in [0.2, 0.25) is 0 Å². The largest absolute Gasteiger partial charge is 0.427 e. The number of carbonyl (C=O) groups is 2. The topological polar surface area (TPSA) is 43.4 Å². The van der Waals surface area contributed by atoms with E-state index in [1.54, 1.807) is 12.1 Å². The molecule has 0 heterocycles. The highest BCUT2D eigenvalue weighted by atomic mass is 16.5. The fourth-order valence-electron chi connectivity index (χ4n) is 2.28. The monoisotopic (exact) mass is 232 g/mol. The van der Waals surface area contributed by atoms with Gasteiger partial charge in [-0.1, -0.05) is 12.1 Å². The Balaban J connectivity index is 2.06. The molecule has 1 aromatic carbocycles. The second kappa shape index (κ2) is 5.13. The number of esters is 1. The smallest absolute Gasteiger partial charge is 0.308 e. The van der Waals surface area contributed by atoms with Crippen molar-refractivity contribution in [2.75, 3.05) is 0 Å². The summed E-state index contributed by atoms with van der Waals surface area (Å²) in [5.74, 6) is 0.932. The molecule has 0 aliphatic heterocycles. The Bertz CT molecular complexity index is 420. The first-order chi connectivity index (χ1) is 8.15. The molecule has 1 atom stereocenters. The van der Waals surface area contributed by atoms with Gasteiger partial charge in [0.2, 0.25) is 0 Å². The summed E-state index contributed by atoms with van der Waals surface area (Å²) in [6, 6.07) is 7.47. The Kier molecular flexibility index (Phi) is 3.57. The van der Waals surface area contributed by atoms with Crippen LogP contribution in [0.3, 0.4) is 0 Å². The van der Waals surface area contributed by atoms with Gasteiger partial charge in [0, 0.05) is 19.8 Å². The number of carbonyl (C=O) groups excluding carboxylic acids is 2. The van der Waals surface area contributed by atoms with Gasteiger partial charge in [0.1, 0.15) is 11.5 Å². The van der Waals surface area contributed by atoms with Crippen molar-refractivity contribution in [1.29, 1.82) is 0 Å². The van der Waals surface area contributed by atoms with E-state index in [-0.39, 0.29) is 5.97 Å². The van der Waals surface area contributed by atoms with Gasteiger partial charge < -0.3 is 4.74 Å². The number of Topliss-reactive ketones (excluding diaryl/α,β-unsaturated/α-hetero) is 1. The highest BCUT2D eigenvalue weighted by molar-refractivity contribution is 5.80. The molecule has 1 aromatic rings. The molecule has 1 aliphatic rings. The zero-order chi connectivity index (χ0) is 12.3. The van der Waals surface area contributed by atoms with E-state index in [0.717, 1.165) is 24.8 Å². The minimum atomic E-state index is -0.314. The van der Waals surface area contributed by atoms with Crippen molar-refractivity contribution in [3.63, 3.8) is 0 Å². The third-order valence-corrected chi connectivity index (χ3v) is 3.10. The van der Waals surface area contributed by atoms with Crippen LogP contribution in [0.5, 0.6) is 5.75 Å². The van der Waals surface area contributed by atoms with Crippen LogP contribution in [0.4, 0.5) is 0 Å². The van der Waals surface area contributed by atoms with Gasteiger partial charge >= 0.3 is 5.97 Å². The number of hydrogen-bond acceptors (Lipinski definition) is 3. The van der Waals surface area contributed by atoms with Crippen LogP contribution in [0.25, 0.3) is 0 Å². The second-order valence-corrected chi connectivity index (χ2v) is 4.49. The van der Waals surface area contributed by atoms with Gasteiger partial charge in [0.05, 0.1) is 0 Å². The molecule has 17 heavy (non-hydrogen) atoms. The molecular weight excluding hydrogens is 216 g/mol. The van der Waals surface area contributed by atoms with Crippen LogP contribution < -0.4 is 4.74 Å². The Labute approximate surface area is 101 Å². The third kappa shape index (κ3) is 3.16. The third-order valence-electron chi connectivity index (χ3n) is 3.10. The van der Waals surface area contributed by atoms with Crippen molar-refractivity contribution in [3.05, 3.63) is 29.8 Å². The molecule has 0 unspecified atom stereocenters. The summed E-state index contributed by atoms with van der Waals surface area (Å²) < 4.78 is 4.97. The molecule has 90 valence electrons. The minimum absolute atomic E-state index is 0.314. The van der Waals surface area contributed by atoms with E-state index >= 15 is 0 Å². The number of ether oxygens (including phenoxy) is 1. The molecule has 0 spiro atoms. The first-order valence-corrected chi connectivity index (χ1v) is 5.95. The number of ketones is 1. The van der Waals surface area contributed by atoms with Crippen LogP contribution in [0, 0.1) is 0 Å². The summed E-state index contributed by atoms with van der Waals surface area (Å²) in [6.07, 6.45) is 3.42. The van der Waals surface area contributed by atoms with Crippen LogP contribution >= 0.6 is 0 Å². The van der Waals surface area contributed by atoms with Gasteiger partial charge in [0.25, 0.3) is 0 Å². The van der Waals surface area contributed by atoms with Crippen LogP contribution in [0.15, 0.2) is 24.3 Å². The molecule has 2 rings (SSSR count). The fraction of sp³-hybridized carbons (Fsp3) is 0.429. The van der Waals surface area contributed by atoms with Gasteiger partial charge in [-0.25, -0.2) is 0 Å². The van der Waals surface area contributed by atoms with Gasteiger partial charge in [0.15, 0.2) is 0 Å². The van der Waals surface area contributed by atoms with Crippen LogP contribution in [-0.2, 0) is 9.59 Å². The molecule has 0 N–H and O–H groups in total. The zero-order valence-corrected chi connectivity index (χ0v) is 9.94. The Hall–Kier alpha value is -1.64. The van der Waals surface area contributed by atoms with Gasteiger partial charge in [-0.3, -0.25) is 9.59 Å². The molecule has 1 saturated carbocycles. The molecule has 0 radical (unpaired) electrons. The van der Waals surface area contributed by atoms with Crippen molar-refractivity contribution in [2.45, 2.75) is 38.5 Å². The van der Waals surface area contributed by atoms with Crippen LogP contribution in [0.1, 0.15) is 44.1 Å². The van der Waals surface area contributed by atoms with E-state index in [9.17, 15) is 9.59 Å². The quantitative estimate of drug-likeness (QED) is 0.581. The Morgan fingerprint density at radius 2 is 2.00 bits per heavy atom. The maximum atomic E-state index is 11.4. The van der Waals surface area contributed by atoms with Gasteiger partial charge in [-0.2, -0.15) is 0 Å². The standard InChI is InChI=1S/C14H16O3/c1-10(15)17-14-7-5-11(6-8-14)12-3-2-4-13(16)9-12/h5-8,12H,2-4,9H2,1H3/t12-/m0/s1. The van der Waals surface area contributed by atoms with E-state index in [0.29, 0.717) is 23.9 Å². The van der Waals surface area contributed by atoms with Gasteiger partial charge in [-0.05, 0) is 36.5 Å². The molecule has 0 amide bonds. The van der Waals surface area contributed by atoms with Crippen molar-refractivity contribution in [2.24, 2.45) is 0 Å². The lowest BCUT2D eigenvalue weighted by atomic mass is 9.83. The summed E-state index contributed by atoms with van der Waals surface area (Å²) in [5, 5.41) is 0. The Morgan fingerprint density at radius 3 is 2.59 bits per heavy atom. The first-order valence-electron chi connectivity index (χ1n) is 5.95. The normalized spacial score (nSPS) is 20.1. The molecular formula is C14H16O3. The SMILES string of the molecule is CC(=O)Oc1ccc([C@H]2CCCC(=O)C2)cc1. The van der Waals surface area contributed by atoms with Crippen molar-refractivity contribution in [3.8, 4) is 5.75 Å². The zero-order valence-electron chi connectivity index (χ0n) is 9.94.